The molecule has 0 aromatic heterocycles. The van der Waals surface area contributed by atoms with Gasteiger partial charge in [-0.1, -0.05) is 42.1 Å². The van der Waals surface area contributed by atoms with Gasteiger partial charge in [0.2, 0.25) is 0 Å². The van der Waals surface area contributed by atoms with Crippen molar-refractivity contribution in [2.45, 2.75) is 19.6 Å². The van der Waals surface area contributed by atoms with Gasteiger partial charge in [0.1, 0.15) is 0 Å². The molecule has 0 rings (SSSR count). The summed E-state index contributed by atoms with van der Waals surface area (Å²) in [5.41, 5.74) is 2.01. The van der Waals surface area contributed by atoms with E-state index in [2.05, 4.69) is 24.8 Å². The maximum atomic E-state index is 8.15. The number of oxime groups is 1. The highest BCUT2D eigenvalue weighted by Crippen LogP contribution is 2.02. The van der Waals surface area contributed by atoms with Gasteiger partial charge in [0, 0.05) is 0 Å². The zero-order valence-corrected chi connectivity index (χ0v) is 8.18. The Bertz CT molecular complexity index is 160. The van der Waals surface area contributed by atoms with E-state index < -0.39 is 8.07 Å². The van der Waals surface area contributed by atoms with Gasteiger partial charge >= 0.3 is 0 Å². The van der Waals surface area contributed by atoms with Crippen molar-refractivity contribution in [2.24, 2.45) is 5.16 Å². The third kappa shape index (κ3) is 5.85. The third-order valence-corrected chi connectivity index (χ3v) is 2.18. The second-order valence-electron chi connectivity index (χ2n) is 3.12. The molecule has 0 heterocycles. The van der Waals surface area contributed by atoms with Crippen LogP contribution in [0.2, 0.25) is 19.6 Å². The molecule has 58 valence electrons. The van der Waals surface area contributed by atoms with Crippen molar-refractivity contribution in [1.29, 1.82) is 0 Å². The molecule has 0 aliphatic carbocycles. The lowest BCUT2D eigenvalue weighted by molar-refractivity contribution is 0.321. The lowest BCUT2D eigenvalue weighted by Gasteiger charge is -2.06. The van der Waals surface area contributed by atoms with Crippen molar-refractivity contribution in [3.05, 3.63) is 11.8 Å². The minimum Gasteiger partial charge on any atom is -0.410 e. The Morgan fingerprint density at radius 2 is 2.00 bits per heavy atom. The Balaban J connectivity index is 4.01. The van der Waals surface area contributed by atoms with Gasteiger partial charge in [0.25, 0.3) is 0 Å². The smallest absolute Gasteiger partial charge is 0.167 e. The predicted octanol–water partition coefficient (Wildman–Crippen LogP) is 2.45. The van der Waals surface area contributed by atoms with E-state index in [-0.39, 0.29) is 5.17 Å². The van der Waals surface area contributed by atoms with Crippen LogP contribution in [0, 0.1) is 0 Å². The molecule has 0 amide bonds. The van der Waals surface area contributed by atoms with Crippen molar-refractivity contribution >= 4 is 24.8 Å². The van der Waals surface area contributed by atoms with Crippen LogP contribution in [0.15, 0.2) is 16.9 Å². The molecule has 4 heteroatoms. The molecule has 0 aliphatic rings. The summed E-state index contributed by atoms with van der Waals surface area (Å²) in [6.45, 7) is 6.52. The highest BCUT2D eigenvalue weighted by atomic mass is 35.5. The van der Waals surface area contributed by atoms with E-state index in [0.29, 0.717) is 0 Å². The summed E-state index contributed by atoms with van der Waals surface area (Å²) in [6, 6.07) is 0. The fourth-order valence-electron chi connectivity index (χ4n) is 0.352. The van der Waals surface area contributed by atoms with Crippen LogP contribution in [0.1, 0.15) is 0 Å². The number of nitrogens with zero attached hydrogens (tertiary/aromatic N) is 1. The van der Waals surface area contributed by atoms with Crippen LogP contribution < -0.4 is 0 Å². The van der Waals surface area contributed by atoms with E-state index in [1.54, 1.807) is 6.08 Å². The number of rotatable bonds is 2. The molecule has 0 radical (unpaired) electrons. The van der Waals surface area contributed by atoms with E-state index in [0.717, 1.165) is 0 Å². The summed E-state index contributed by atoms with van der Waals surface area (Å²) in [5.74, 6) is 0. The first-order valence-corrected chi connectivity index (χ1v) is 6.98. The summed E-state index contributed by atoms with van der Waals surface area (Å²) >= 11 is 5.41. The van der Waals surface area contributed by atoms with Crippen molar-refractivity contribution in [3.8, 4) is 0 Å². The van der Waals surface area contributed by atoms with Crippen LogP contribution in [-0.4, -0.2) is 18.5 Å². The molecule has 0 bridgehead atoms. The van der Waals surface area contributed by atoms with Gasteiger partial charge in [-0.15, -0.1) is 0 Å². The topological polar surface area (TPSA) is 32.6 Å². The lowest BCUT2D eigenvalue weighted by atomic mass is 10.7. The molecule has 10 heavy (non-hydrogen) atoms. The quantitative estimate of drug-likeness (QED) is 0.299. The summed E-state index contributed by atoms with van der Waals surface area (Å²) in [7, 11) is -1.19. The Hall–Kier alpha value is -0.283. The Morgan fingerprint density at radius 3 is 2.30 bits per heavy atom. The zero-order chi connectivity index (χ0) is 8.20. The highest BCUT2D eigenvalue weighted by Gasteiger charge is 2.06. The predicted molar refractivity (Wildman–Crippen MR) is 47.6 cm³/mol. The van der Waals surface area contributed by atoms with Gasteiger partial charge in [-0.2, -0.15) is 0 Å². The van der Waals surface area contributed by atoms with Gasteiger partial charge in [0.15, 0.2) is 5.17 Å². The molecular formula is C6H12ClNOSi. The van der Waals surface area contributed by atoms with E-state index in [1.165, 1.54) is 0 Å². The lowest BCUT2D eigenvalue weighted by Crippen LogP contribution is -2.15. The molecule has 0 spiro atoms. The molecule has 0 aromatic rings. The van der Waals surface area contributed by atoms with Crippen molar-refractivity contribution < 1.29 is 5.21 Å². The van der Waals surface area contributed by atoms with Gasteiger partial charge in [-0.3, -0.25) is 0 Å². The van der Waals surface area contributed by atoms with Crippen LogP contribution in [0.5, 0.6) is 0 Å². The summed E-state index contributed by atoms with van der Waals surface area (Å²) in [5, 5.41) is 11.1. The van der Waals surface area contributed by atoms with Crippen LogP contribution in [0.3, 0.4) is 0 Å². The molecule has 0 saturated carbocycles. The fraction of sp³-hybridized carbons (Fsp3) is 0.500. The average Bonchev–Trinajstić information content (AvgIpc) is 1.81. The molecular weight excluding hydrogens is 166 g/mol. The van der Waals surface area contributed by atoms with Gasteiger partial charge < -0.3 is 5.21 Å². The average molecular weight is 178 g/mol. The Morgan fingerprint density at radius 1 is 1.50 bits per heavy atom. The zero-order valence-electron chi connectivity index (χ0n) is 6.43. The number of hydrogen-bond donors (Lipinski definition) is 1. The van der Waals surface area contributed by atoms with Crippen LogP contribution in [-0.2, 0) is 0 Å². The first-order chi connectivity index (χ1) is 4.45. The standard InChI is InChI=1S/C6H12ClNOSi/c1-10(2,3)5-4-6(7)8-9/h4-5,9H,1-3H3. The highest BCUT2D eigenvalue weighted by molar-refractivity contribution is 6.82. The van der Waals surface area contributed by atoms with Crippen LogP contribution in [0.25, 0.3) is 0 Å². The SMILES string of the molecule is C[Si](C)(C)C=CC(Cl)=NO. The Labute approximate surface area is 67.2 Å². The minimum absolute atomic E-state index is 0.141. The largest absolute Gasteiger partial charge is 0.410 e. The van der Waals surface area contributed by atoms with Crippen LogP contribution in [0.4, 0.5) is 0 Å². The van der Waals surface area contributed by atoms with E-state index >= 15 is 0 Å². The molecule has 0 saturated heterocycles. The van der Waals surface area contributed by atoms with E-state index in [4.69, 9.17) is 16.8 Å². The van der Waals surface area contributed by atoms with Gasteiger partial charge in [-0.25, -0.2) is 0 Å². The first-order valence-electron chi connectivity index (χ1n) is 3.02. The number of hydrogen-bond acceptors (Lipinski definition) is 2. The fourth-order valence-corrected chi connectivity index (χ4v) is 1.18. The van der Waals surface area contributed by atoms with Gasteiger partial charge in [-0.05, 0) is 6.08 Å². The maximum absolute atomic E-state index is 8.15. The monoisotopic (exact) mass is 177 g/mol. The van der Waals surface area contributed by atoms with E-state index in [1.807, 2.05) is 5.70 Å². The minimum atomic E-state index is -1.19. The van der Waals surface area contributed by atoms with Gasteiger partial charge in [0.05, 0.1) is 8.07 Å². The molecule has 1 N–H and O–H groups in total. The molecule has 2 nitrogen and oxygen atoms in total. The van der Waals surface area contributed by atoms with Crippen molar-refractivity contribution in [2.75, 3.05) is 0 Å². The summed E-state index contributed by atoms with van der Waals surface area (Å²) in [4.78, 5) is 0. The molecule has 0 unspecified atom stereocenters. The number of halogens is 1. The molecule has 0 atom stereocenters. The summed E-state index contributed by atoms with van der Waals surface area (Å²) < 4.78 is 0. The molecule has 0 aromatic carbocycles. The first kappa shape index (κ1) is 9.72. The normalized spacial score (nSPS) is 14.6. The Kier molecular flexibility index (Phi) is 3.67. The number of allylic oxidation sites excluding steroid dienone is 1. The van der Waals surface area contributed by atoms with E-state index in [9.17, 15) is 0 Å². The van der Waals surface area contributed by atoms with Crippen molar-refractivity contribution in [1.82, 2.24) is 0 Å². The maximum Gasteiger partial charge on any atom is 0.167 e. The second kappa shape index (κ2) is 3.78. The third-order valence-electron chi connectivity index (χ3n) is 0.816. The summed E-state index contributed by atoms with van der Waals surface area (Å²) in [6.07, 6.45) is 1.63. The molecule has 0 fully saturated rings. The van der Waals surface area contributed by atoms with Crippen molar-refractivity contribution in [3.63, 3.8) is 0 Å². The second-order valence-corrected chi connectivity index (χ2v) is 8.57. The van der Waals surface area contributed by atoms with Crippen LogP contribution >= 0.6 is 11.6 Å². The molecule has 0 aliphatic heterocycles.